The van der Waals surface area contributed by atoms with E-state index in [1.165, 1.54) is 0 Å². The maximum absolute atomic E-state index is 5.35. The maximum Gasteiger partial charge on any atom is 0.162 e. The van der Waals surface area contributed by atoms with Crippen LogP contribution in [0, 0.1) is 0 Å². The Morgan fingerprint density at radius 1 is 0.800 bits per heavy atom. The average molecular weight is 327 g/mol. The molecule has 0 saturated carbocycles. The molecule has 0 aliphatic heterocycles. The maximum atomic E-state index is 5.35. The number of para-hydroxylation sites is 1. The molecule has 1 heterocycles. The molecule has 0 fully saturated rings. The highest BCUT2D eigenvalue weighted by Crippen LogP contribution is 2.29. The first-order valence-corrected chi connectivity index (χ1v) is 8.07. The van der Waals surface area contributed by atoms with Crippen LogP contribution >= 0.6 is 0 Å². The Bertz CT molecular complexity index is 1000. The van der Waals surface area contributed by atoms with Crippen LogP contribution in [0.25, 0.3) is 22.3 Å². The van der Waals surface area contributed by atoms with Crippen LogP contribution in [0.4, 0.5) is 11.5 Å². The number of hydrogen-bond donors (Lipinski definition) is 1. The zero-order valence-corrected chi connectivity index (χ0v) is 13.8. The van der Waals surface area contributed by atoms with Crippen LogP contribution in [0.2, 0.25) is 0 Å². The van der Waals surface area contributed by atoms with Crippen molar-refractivity contribution >= 4 is 22.4 Å². The van der Waals surface area contributed by atoms with Gasteiger partial charge < -0.3 is 10.1 Å². The summed E-state index contributed by atoms with van der Waals surface area (Å²) < 4.78 is 5.35. The fourth-order valence-electron chi connectivity index (χ4n) is 2.71. The van der Waals surface area contributed by atoms with E-state index in [1.54, 1.807) is 7.11 Å². The summed E-state index contributed by atoms with van der Waals surface area (Å²) in [6.07, 6.45) is 0. The van der Waals surface area contributed by atoms with Gasteiger partial charge >= 0.3 is 0 Å². The highest BCUT2D eigenvalue weighted by molar-refractivity contribution is 5.93. The summed E-state index contributed by atoms with van der Waals surface area (Å²) in [6, 6.07) is 25.8. The number of fused-ring (bicyclic) bond motifs is 1. The van der Waals surface area contributed by atoms with Crippen LogP contribution < -0.4 is 10.1 Å². The number of nitrogens with zero attached hydrogens (tertiary/aromatic N) is 2. The first-order valence-electron chi connectivity index (χ1n) is 8.07. The molecule has 25 heavy (non-hydrogen) atoms. The van der Waals surface area contributed by atoms with Crippen molar-refractivity contribution in [2.45, 2.75) is 0 Å². The lowest BCUT2D eigenvalue weighted by molar-refractivity contribution is 0.415. The van der Waals surface area contributed by atoms with Crippen LogP contribution in [0.1, 0.15) is 0 Å². The van der Waals surface area contributed by atoms with Crippen LogP contribution in [0.5, 0.6) is 5.75 Å². The normalized spacial score (nSPS) is 10.6. The summed E-state index contributed by atoms with van der Waals surface area (Å²) in [6.45, 7) is 0. The van der Waals surface area contributed by atoms with Gasteiger partial charge in [-0.05, 0) is 24.3 Å². The monoisotopic (exact) mass is 327 g/mol. The molecule has 4 nitrogen and oxygen atoms in total. The predicted molar refractivity (Wildman–Crippen MR) is 101 cm³/mol. The van der Waals surface area contributed by atoms with Crippen LogP contribution in [-0.2, 0) is 0 Å². The number of nitrogens with one attached hydrogen (secondary N) is 1. The number of ether oxygens (including phenoxy) is 1. The molecule has 0 spiro atoms. The van der Waals surface area contributed by atoms with Crippen molar-refractivity contribution < 1.29 is 4.74 Å². The van der Waals surface area contributed by atoms with Gasteiger partial charge in [0.25, 0.3) is 0 Å². The smallest absolute Gasteiger partial charge is 0.162 e. The Hall–Kier alpha value is -3.40. The van der Waals surface area contributed by atoms with Crippen molar-refractivity contribution in [2.24, 2.45) is 0 Å². The molecule has 0 atom stereocenters. The number of hydrogen-bond acceptors (Lipinski definition) is 4. The second-order valence-corrected chi connectivity index (χ2v) is 5.64. The predicted octanol–water partition coefficient (Wildman–Crippen LogP) is 5.05. The van der Waals surface area contributed by atoms with Crippen molar-refractivity contribution in [3.05, 3.63) is 78.9 Å². The van der Waals surface area contributed by atoms with Crippen molar-refractivity contribution in [1.29, 1.82) is 0 Å². The molecule has 0 aliphatic rings. The van der Waals surface area contributed by atoms with Gasteiger partial charge in [-0.15, -0.1) is 0 Å². The molecule has 0 unspecified atom stereocenters. The van der Waals surface area contributed by atoms with Gasteiger partial charge in [-0.3, -0.25) is 0 Å². The fourth-order valence-corrected chi connectivity index (χ4v) is 2.71. The van der Waals surface area contributed by atoms with E-state index in [-0.39, 0.29) is 0 Å². The Balaban J connectivity index is 1.89. The van der Waals surface area contributed by atoms with Gasteiger partial charge in [0.05, 0.1) is 12.6 Å². The largest absolute Gasteiger partial charge is 0.497 e. The highest BCUT2D eigenvalue weighted by atomic mass is 16.5. The Morgan fingerprint density at radius 3 is 2.24 bits per heavy atom. The van der Waals surface area contributed by atoms with Crippen LogP contribution in [-0.4, -0.2) is 17.1 Å². The fraction of sp³-hybridized carbons (Fsp3) is 0.0476. The second kappa shape index (κ2) is 6.61. The van der Waals surface area contributed by atoms with E-state index in [0.717, 1.165) is 33.7 Å². The lowest BCUT2D eigenvalue weighted by Crippen LogP contribution is -1.99. The lowest BCUT2D eigenvalue weighted by Gasteiger charge is -2.12. The molecule has 0 radical (unpaired) electrons. The molecule has 0 aliphatic carbocycles. The van der Waals surface area contributed by atoms with Crippen molar-refractivity contribution in [1.82, 2.24) is 9.97 Å². The quantitative estimate of drug-likeness (QED) is 0.570. The van der Waals surface area contributed by atoms with E-state index >= 15 is 0 Å². The number of methoxy groups -OCH3 is 1. The first kappa shape index (κ1) is 15.1. The summed E-state index contributed by atoms with van der Waals surface area (Å²) in [5.41, 5.74) is 2.80. The van der Waals surface area contributed by atoms with Crippen molar-refractivity contribution in [3.8, 4) is 17.1 Å². The highest BCUT2D eigenvalue weighted by Gasteiger charge is 2.10. The SMILES string of the molecule is COc1ccc2c(Nc3ccccc3)nc(-c3ccccc3)nc2c1. The van der Waals surface area contributed by atoms with Crippen molar-refractivity contribution in [3.63, 3.8) is 0 Å². The minimum atomic E-state index is 0.680. The number of rotatable bonds is 4. The molecule has 1 aromatic heterocycles. The minimum absolute atomic E-state index is 0.680. The Labute approximate surface area is 146 Å². The third kappa shape index (κ3) is 3.15. The number of benzene rings is 3. The molecular formula is C21H17N3O. The number of anilines is 2. The summed E-state index contributed by atoms with van der Waals surface area (Å²) in [5, 5.41) is 4.35. The first-order chi connectivity index (χ1) is 12.3. The molecule has 1 N–H and O–H groups in total. The summed E-state index contributed by atoms with van der Waals surface area (Å²) in [7, 11) is 1.66. The third-order valence-corrected chi connectivity index (χ3v) is 3.97. The van der Waals surface area contributed by atoms with Gasteiger partial charge in [0, 0.05) is 22.7 Å². The van der Waals surface area contributed by atoms with Gasteiger partial charge in [-0.25, -0.2) is 9.97 Å². The van der Waals surface area contributed by atoms with E-state index in [1.807, 2.05) is 78.9 Å². The summed E-state index contributed by atoms with van der Waals surface area (Å²) in [5.74, 6) is 2.23. The zero-order valence-electron chi connectivity index (χ0n) is 13.8. The van der Waals surface area contributed by atoms with E-state index in [2.05, 4.69) is 5.32 Å². The lowest BCUT2D eigenvalue weighted by atomic mass is 10.1. The Morgan fingerprint density at radius 2 is 1.52 bits per heavy atom. The summed E-state index contributed by atoms with van der Waals surface area (Å²) >= 11 is 0. The molecule has 0 bridgehead atoms. The molecule has 0 saturated heterocycles. The third-order valence-electron chi connectivity index (χ3n) is 3.97. The standard InChI is InChI=1S/C21H17N3O/c1-25-17-12-13-18-19(14-17)23-20(15-8-4-2-5-9-15)24-21(18)22-16-10-6-3-7-11-16/h2-14H,1H3,(H,22,23,24). The van der Waals surface area contributed by atoms with Gasteiger partial charge in [0.2, 0.25) is 0 Å². The molecule has 122 valence electrons. The average Bonchev–Trinajstić information content (AvgIpc) is 2.69. The van der Waals surface area contributed by atoms with Crippen LogP contribution in [0.15, 0.2) is 78.9 Å². The molecule has 4 aromatic rings. The van der Waals surface area contributed by atoms with E-state index < -0.39 is 0 Å². The molecule has 4 heteroatoms. The number of aromatic nitrogens is 2. The molecular weight excluding hydrogens is 310 g/mol. The van der Waals surface area contributed by atoms with Gasteiger partial charge in [0.15, 0.2) is 5.82 Å². The van der Waals surface area contributed by atoms with Gasteiger partial charge in [-0.2, -0.15) is 0 Å². The molecule has 3 aromatic carbocycles. The van der Waals surface area contributed by atoms with Crippen molar-refractivity contribution in [2.75, 3.05) is 12.4 Å². The van der Waals surface area contributed by atoms with E-state index in [0.29, 0.717) is 5.82 Å². The van der Waals surface area contributed by atoms with Gasteiger partial charge in [0.1, 0.15) is 11.6 Å². The van der Waals surface area contributed by atoms with E-state index in [4.69, 9.17) is 14.7 Å². The minimum Gasteiger partial charge on any atom is -0.497 e. The molecule has 4 rings (SSSR count). The Kier molecular flexibility index (Phi) is 4.01. The molecule has 0 amide bonds. The van der Waals surface area contributed by atoms with E-state index in [9.17, 15) is 0 Å². The van der Waals surface area contributed by atoms with Crippen LogP contribution in [0.3, 0.4) is 0 Å². The zero-order chi connectivity index (χ0) is 17.1. The van der Waals surface area contributed by atoms with Gasteiger partial charge in [-0.1, -0.05) is 48.5 Å². The topological polar surface area (TPSA) is 47.0 Å². The second-order valence-electron chi connectivity index (χ2n) is 5.64. The summed E-state index contributed by atoms with van der Waals surface area (Å²) in [4.78, 5) is 9.48.